The first-order chi connectivity index (χ1) is 15.7. The van der Waals surface area contributed by atoms with E-state index in [1.54, 1.807) is 6.92 Å². The van der Waals surface area contributed by atoms with E-state index in [4.69, 9.17) is 25.6 Å². The number of allylic oxidation sites excluding steroid dienone is 2. The lowest BCUT2D eigenvalue weighted by Crippen LogP contribution is -2.26. The molecule has 0 saturated carbocycles. The van der Waals surface area contributed by atoms with Crippen LogP contribution in [-0.2, 0) is 41.5 Å². The molecular formula is C22H22N4O7. The van der Waals surface area contributed by atoms with Crippen LogP contribution in [0.2, 0.25) is 0 Å². The van der Waals surface area contributed by atoms with Crippen LogP contribution in [0.3, 0.4) is 0 Å². The summed E-state index contributed by atoms with van der Waals surface area (Å²) < 4.78 is 10.1. The van der Waals surface area contributed by atoms with Crippen LogP contribution in [0, 0.1) is 0 Å². The fourth-order valence-corrected chi connectivity index (χ4v) is 2.83. The van der Waals surface area contributed by atoms with Gasteiger partial charge in [0.1, 0.15) is 0 Å². The van der Waals surface area contributed by atoms with E-state index >= 15 is 0 Å². The van der Waals surface area contributed by atoms with Gasteiger partial charge in [0.2, 0.25) is 23.1 Å². The van der Waals surface area contributed by atoms with Gasteiger partial charge in [0.25, 0.3) is 0 Å². The summed E-state index contributed by atoms with van der Waals surface area (Å²) >= 11 is 0. The molecule has 0 bridgehead atoms. The number of ether oxygens (including phenoxy) is 2. The smallest absolute Gasteiger partial charge is 0.339 e. The summed E-state index contributed by atoms with van der Waals surface area (Å²) in [4.78, 5) is 50.3. The number of carboxylic acid groups (broad SMARTS) is 1. The van der Waals surface area contributed by atoms with Gasteiger partial charge in [-0.1, -0.05) is 24.3 Å². The molecule has 1 N–H and O–H groups in total. The molecule has 11 heteroatoms. The standard InChI is InChI=1S/C19H20O6.C3H2N4O/c1-11-14(17(23)19(25-3)18(24-2)16(11)22)10-13-6-4-12(5-7-13)8-9-15(20)21;4-6-1-3(8)2-7-5/h4-7H,8-10H2,1-3H3,(H,20,21);1-2H. The van der Waals surface area contributed by atoms with E-state index in [9.17, 15) is 19.2 Å². The summed E-state index contributed by atoms with van der Waals surface area (Å²) in [6, 6.07) is 7.32. The molecule has 0 fully saturated rings. The van der Waals surface area contributed by atoms with Gasteiger partial charge < -0.3 is 25.6 Å². The number of ketones is 3. The quantitative estimate of drug-likeness (QED) is 0.253. The topological polar surface area (TPSA) is 180 Å². The molecule has 0 heterocycles. The van der Waals surface area contributed by atoms with E-state index in [-0.39, 0.29) is 29.5 Å². The van der Waals surface area contributed by atoms with Crippen molar-refractivity contribution in [1.82, 2.24) is 0 Å². The molecule has 0 unspecified atom stereocenters. The van der Waals surface area contributed by atoms with Crippen LogP contribution in [0.15, 0.2) is 46.9 Å². The molecule has 1 aliphatic rings. The Labute approximate surface area is 189 Å². The van der Waals surface area contributed by atoms with Gasteiger partial charge in [-0.25, -0.2) is 0 Å². The Kier molecular flexibility index (Phi) is 10.5. The van der Waals surface area contributed by atoms with Crippen molar-refractivity contribution in [1.29, 1.82) is 0 Å². The van der Waals surface area contributed by atoms with Crippen molar-refractivity contribution < 1.29 is 43.3 Å². The van der Waals surface area contributed by atoms with Gasteiger partial charge in [-0.05, 0) is 24.5 Å². The zero-order chi connectivity index (χ0) is 25.0. The van der Waals surface area contributed by atoms with Crippen molar-refractivity contribution in [2.24, 2.45) is 0 Å². The number of benzene rings is 1. The number of methoxy groups -OCH3 is 2. The predicted molar refractivity (Wildman–Crippen MR) is 114 cm³/mol. The first kappa shape index (κ1) is 26.6. The van der Waals surface area contributed by atoms with Gasteiger partial charge in [-0.3, -0.25) is 19.2 Å². The van der Waals surface area contributed by atoms with E-state index < -0.39 is 11.8 Å². The lowest BCUT2D eigenvalue weighted by atomic mass is 9.88. The van der Waals surface area contributed by atoms with Gasteiger partial charge in [0.05, 0.1) is 14.2 Å². The summed E-state index contributed by atoms with van der Waals surface area (Å²) in [6.07, 6.45) is 2.03. The van der Waals surface area contributed by atoms with Crippen LogP contribution in [-0.4, -0.2) is 64.7 Å². The molecule has 2 rings (SSSR count). The van der Waals surface area contributed by atoms with Gasteiger partial charge >= 0.3 is 24.2 Å². The number of rotatable bonds is 9. The second kappa shape index (κ2) is 13.1. The second-order valence-corrected chi connectivity index (χ2v) is 6.61. The third kappa shape index (κ3) is 7.62. The fraction of sp³-hybridized carbons (Fsp3) is 0.273. The highest BCUT2D eigenvalue weighted by Crippen LogP contribution is 2.28. The molecule has 0 spiro atoms. The average molecular weight is 454 g/mol. The summed E-state index contributed by atoms with van der Waals surface area (Å²) in [5.74, 6) is -2.37. The summed E-state index contributed by atoms with van der Waals surface area (Å²) in [5, 5.41) is 8.72. The third-order valence-electron chi connectivity index (χ3n) is 4.50. The molecule has 1 aliphatic carbocycles. The van der Waals surface area contributed by atoms with Crippen LogP contribution < -0.4 is 0 Å². The van der Waals surface area contributed by atoms with Gasteiger partial charge in [-0.15, -0.1) is 0 Å². The van der Waals surface area contributed by atoms with Crippen molar-refractivity contribution in [3.63, 3.8) is 0 Å². The van der Waals surface area contributed by atoms with Crippen molar-refractivity contribution in [2.75, 3.05) is 14.2 Å². The molecule has 11 nitrogen and oxygen atoms in total. The SMILES string of the molecule is COC1=C(OC)C(=O)C(Cc2ccc(CCC(=O)O)cc2)=C(C)C1=O.[N-]=[N+]=CC(=O)C=[N+]=[N-]. The Hall–Kier alpha value is -4.46. The Bertz CT molecular complexity index is 1080. The van der Waals surface area contributed by atoms with Crippen LogP contribution >= 0.6 is 0 Å². The largest absolute Gasteiger partial charge is 0.489 e. The lowest BCUT2D eigenvalue weighted by Gasteiger charge is -2.20. The van der Waals surface area contributed by atoms with E-state index in [1.165, 1.54) is 14.2 Å². The molecule has 1 aromatic carbocycles. The molecule has 0 aromatic heterocycles. The average Bonchev–Trinajstić information content (AvgIpc) is 2.79. The molecule has 33 heavy (non-hydrogen) atoms. The number of hydrogen-bond donors (Lipinski definition) is 1. The first-order valence-corrected chi connectivity index (χ1v) is 9.49. The summed E-state index contributed by atoms with van der Waals surface area (Å²) in [5.41, 5.74) is 17.8. The Balaban J connectivity index is 0.000000582. The fourth-order valence-electron chi connectivity index (χ4n) is 2.83. The second-order valence-electron chi connectivity index (χ2n) is 6.61. The highest BCUT2D eigenvalue weighted by Gasteiger charge is 2.34. The summed E-state index contributed by atoms with van der Waals surface area (Å²) in [7, 11) is 2.66. The number of carbonyl (C=O) groups is 4. The van der Waals surface area contributed by atoms with Crippen molar-refractivity contribution in [3.05, 3.63) is 69.1 Å². The maximum absolute atomic E-state index is 12.6. The number of Topliss-reactive ketones (excluding diaryl/α,β-unsaturated/α-hetero) is 3. The third-order valence-corrected chi connectivity index (χ3v) is 4.50. The van der Waals surface area contributed by atoms with E-state index in [1.807, 2.05) is 24.3 Å². The monoisotopic (exact) mass is 454 g/mol. The molecule has 0 radical (unpaired) electrons. The normalized spacial score (nSPS) is 12.7. The van der Waals surface area contributed by atoms with E-state index in [0.717, 1.165) is 11.1 Å². The number of aliphatic carboxylic acids is 1. The Morgan fingerprint density at radius 2 is 1.42 bits per heavy atom. The molecule has 0 amide bonds. The molecule has 0 aliphatic heterocycles. The lowest BCUT2D eigenvalue weighted by molar-refractivity contribution is -0.137. The Morgan fingerprint density at radius 1 is 0.939 bits per heavy atom. The number of carboxylic acids is 1. The molecule has 1 aromatic rings. The van der Waals surface area contributed by atoms with Crippen LogP contribution in [0.5, 0.6) is 0 Å². The van der Waals surface area contributed by atoms with Crippen molar-refractivity contribution in [3.8, 4) is 0 Å². The van der Waals surface area contributed by atoms with Gasteiger partial charge in [-0.2, -0.15) is 9.58 Å². The summed E-state index contributed by atoms with van der Waals surface area (Å²) in [6.45, 7) is 1.60. The van der Waals surface area contributed by atoms with Crippen molar-refractivity contribution >= 4 is 35.7 Å². The van der Waals surface area contributed by atoms with E-state index in [2.05, 4.69) is 9.58 Å². The first-order valence-electron chi connectivity index (χ1n) is 9.49. The minimum absolute atomic E-state index is 0.0678. The molecular weight excluding hydrogens is 432 g/mol. The van der Waals surface area contributed by atoms with Crippen LogP contribution in [0.1, 0.15) is 24.5 Å². The zero-order valence-corrected chi connectivity index (χ0v) is 18.3. The van der Waals surface area contributed by atoms with Crippen molar-refractivity contribution in [2.45, 2.75) is 26.2 Å². The maximum atomic E-state index is 12.6. The van der Waals surface area contributed by atoms with Gasteiger partial charge in [0.15, 0.2) is 0 Å². The number of hydrogen-bond acceptors (Lipinski definition) is 6. The number of aryl methyl sites for hydroxylation is 1. The molecule has 0 atom stereocenters. The zero-order valence-electron chi connectivity index (χ0n) is 18.3. The van der Waals surface area contributed by atoms with Crippen LogP contribution in [0.25, 0.3) is 11.1 Å². The highest BCUT2D eigenvalue weighted by molar-refractivity contribution is 6.50. The van der Waals surface area contributed by atoms with Gasteiger partial charge in [0, 0.05) is 24.0 Å². The minimum Gasteiger partial charge on any atom is -0.489 e. The number of nitrogens with zero attached hydrogens (tertiary/aromatic N) is 4. The van der Waals surface area contributed by atoms with E-state index in [0.29, 0.717) is 36.4 Å². The predicted octanol–water partition coefficient (Wildman–Crippen LogP) is 1.38. The Morgan fingerprint density at radius 3 is 1.88 bits per heavy atom. The minimum atomic E-state index is -0.844. The highest BCUT2D eigenvalue weighted by atomic mass is 16.5. The maximum Gasteiger partial charge on any atom is 0.339 e. The van der Waals surface area contributed by atoms with Crippen LogP contribution in [0.4, 0.5) is 0 Å². The molecule has 0 saturated heterocycles. The number of carbonyl (C=O) groups excluding carboxylic acids is 3. The molecule has 172 valence electrons.